The van der Waals surface area contributed by atoms with E-state index in [2.05, 4.69) is 27.9 Å². The van der Waals surface area contributed by atoms with Crippen LogP contribution in [0.15, 0.2) is 42.5 Å². The van der Waals surface area contributed by atoms with Crippen LogP contribution in [-0.2, 0) is 0 Å². The number of nitrogens with one attached hydrogen (secondary N) is 1. The number of carbonyl (C=O) groups excluding carboxylic acids is 1. The fourth-order valence-corrected chi connectivity index (χ4v) is 1.88. The molecule has 4 heteroatoms. The lowest BCUT2D eigenvalue weighted by Crippen LogP contribution is -2.12. The number of rotatable bonds is 2. The first kappa shape index (κ1) is 13.0. The van der Waals surface area contributed by atoms with Gasteiger partial charge in [-0.2, -0.15) is 0 Å². The number of anilines is 1. The molecule has 2 aromatic carbocycles. The summed E-state index contributed by atoms with van der Waals surface area (Å²) in [5.41, 5.74) is 1.88. The van der Waals surface area contributed by atoms with Gasteiger partial charge >= 0.3 is 0 Å². The number of amides is 1. The summed E-state index contributed by atoms with van der Waals surface area (Å²) in [7, 11) is 0. The van der Waals surface area contributed by atoms with Crippen molar-refractivity contribution in [1.29, 1.82) is 0 Å². The zero-order valence-electron chi connectivity index (χ0n) is 9.71. The van der Waals surface area contributed by atoms with E-state index in [9.17, 15) is 9.18 Å². The monoisotopic (exact) mass is 355 g/mol. The molecule has 18 heavy (non-hydrogen) atoms. The van der Waals surface area contributed by atoms with E-state index in [0.717, 1.165) is 9.13 Å². The van der Waals surface area contributed by atoms with Crippen molar-refractivity contribution in [1.82, 2.24) is 0 Å². The maximum atomic E-state index is 13.1. The third-order valence-electron chi connectivity index (χ3n) is 2.55. The van der Waals surface area contributed by atoms with Crippen molar-refractivity contribution in [2.75, 3.05) is 5.32 Å². The van der Waals surface area contributed by atoms with Gasteiger partial charge in [0.25, 0.3) is 5.91 Å². The Hall–Kier alpha value is -1.43. The highest BCUT2D eigenvalue weighted by Crippen LogP contribution is 2.17. The number of carbonyl (C=O) groups is 1. The van der Waals surface area contributed by atoms with E-state index in [1.54, 1.807) is 18.2 Å². The summed E-state index contributed by atoms with van der Waals surface area (Å²) >= 11 is 2.17. The molecule has 0 saturated heterocycles. The van der Waals surface area contributed by atoms with Gasteiger partial charge in [-0.3, -0.25) is 4.79 Å². The molecule has 0 aliphatic heterocycles. The van der Waals surface area contributed by atoms with E-state index in [0.29, 0.717) is 11.3 Å². The number of hydrogen-bond acceptors (Lipinski definition) is 1. The zero-order chi connectivity index (χ0) is 13.1. The molecule has 92 valence electrons. The molecule has 0 bridgehead atoms. The first-order valence-corrected chi connectivity index (χ1v) is 6.47. The molecular formula is C14H11FINO. The van der Waals surface area contributed by atoms with Gasteiger partial charge in [-0.25, -0.2) is 4.39 Å². The Morgan fingerprint density at radius 2 is 1.83 bits per heavy atom. The summed E-state index contributed by atoms with van der Waals surface area (Å²) in [6.45, 7) is 1.82. The van der Waals surface area contributed by atoms with E-state index in [1.807, 2.05) is 19.1 Å². The Kier molecular flexibility index (Phi) is 3.96. The molecule has 0 radical (unpaired) electrons. The van der Waals surface area contributed by atoms with Crippen LogP contribution >= 0.6 is 22.6 Å². The molecule has 0 spiro atoms. The van der Waals surface area contributed by atoms with Crippen LogP contribution in [0.5, 0.6) is 0 Å². The van der Waals surface area contributed by atoms with Crippen molar-refractivity contribution in [2.45, 2.75) is 6.92 Å². The van der Waals surface area contributed by atoms with Crippen molar-refractivity contribution >= 4 is 34.2 Å². The predicted molar refractivity (Wildman–Crippen MR) is 78.2 cm³/mol. The molecule has 1 amide bonds. The first-order chi connectivity index (χ1) is 8.56. The molecule has 0 fully saturated rings. The maximum Gasteiger partial charge on any atom is 0.255 e. The fraction of sp³-hybridized carbons (Fsp3) is 0.0714. The van der Waals surface area contributed by atoms with E-state index in [-0.39, 0.29) is 11.7 Å². The van der Waals surface area contributed by atoms with Crippen molar-refractivity contribution in [3.8, 4) is 0 Å². The minimum atomic E-state index is -0.362. The van der Waals surface area contributed by atoms with Gasteiger partial charge in [0, 0.05) is 14.8 Å². The molecule has 0 saturated carbocycles. The summed E-state index contributed by atoms with van der Waals surface area (Å²) in [4.78, 5) is 12.0. The fourth-order valence-electron chi connectivity index (χ4n) is 1.52. The first-order valence-electron chi connectivity index (χ1n) is 5.39. The van der Waals surface area contributed by atoms with Gasteiger partial charge in [0.15, 0.2) is 0 Å². The summed E-state index contributed by atoms with van der Waals surface area (Å²) in [6, 6.07) is 11.5. The zero-order valence-corrected chi connectivity index (χ0v) is 11.9. The Balaban J connectivity index is 2.21. The van der Waals surface area contributed by atoms with Crippen LogP contribution in [0.1, 0.15) is 15.9 Å². The summed E-state index contributed by atoms with van der Waals surface area (Å²) in [5, 5.41) is 2.71. The lowest BCUT2D eigenvalue weighted by Gasteiger charge is -2.08. The lowest BCUT2D eigenvalue weighted by atomic mass is 10.1. The molecule has 2 rings (SSSR count). The molecule has 2 nitrogen and oxygen atoms in total. The van der Waals surface area contributed by atoms with Gasteiger partial charge in [-0.15, -0.1) is 0 Å². The SMILES string of the molecule is Cc1ccc(F)cc1NC(=O)c1ccc(I)cc1. The topological polar surface area (TPSA) is 29.1 Å². The quantitative estimate of drug-likeness (QED) is 0.811. The third kappa shape index (κ3) is 3.07. The molecule has 0 atom stereocenters. The third-order valence-corrected chi connectivity index (χ3v) is 3.27. The van der Waals surface area contributed by atoms with Crippen molar-refractivity contribution in [2.24, 2.45) is 0 Å². The van der Waals surface area contributed by atoms with Gasteiger partial charge in [-0.05, 0) is 71.5 Å². The van der Waals surface area contributed by atoms with E-state index >= 15 is 0 Å². The Labute approximate surface area is 118 Å². The molecule has 0 aromatic heterocycles. The van der Waals surface area contributed by atoms with Gasteiger partial charge in [0.2, 0.25) is 0 Å². The smallest absolute Gasteiger partial charge is 0.255 e. The van der Waals surface area contributed by atoms with Crippen LogP contribution in [0.25, 0.3) is 0 Å². The normalized spacial score (nSPS) is 10.2. The van der Waals surface area contributed by atoms with Gasteiger partial charge in [0.05, 0.1) is 0 Å². The van der Waals surface area contributed by atoms with Crippen molar-refractivity contribution in [3.63, 3.8) is 0 Å². The largest absolute Gasteiger partial charge is 0.322 e. The second-order valence-electron chi connectivity index (χ2n) is 3.92. The lowest BCUT2D eigenvalue weighted by molar-refractivity contribution is 0.102. The van der Waals surface area contributed by atoms with Gasteiger partial charge in [0.1, 0.15) is 5.82 Å². The highest BCUT2D eigenvalue weighted by molar-refractivity contribution is 14.1. The molecule has 0 unspecified atom stereocenters. The maximum absolute atomic E-state index is 13.1. The number of hydrogen-bond donors (Lipinski definition) is 1. The molecule has 0 heterocycles. The van der Waals surface area contributed by atoms with Crippen LogP contribution in [0.4, 0.5) is 10.1 Å². The Bertz CT molecular complexity index is 581. The summed E-state index contributed by atoms with van der Waals surface area (Å²) in [5.74, 6) is -0.599. The minimum absolute atomic E-state index is 0.236. The van der Waals surface area contributed by atoms with Crippen molar-refractivity contribution < 1.29 is 9.18 Å². The predicted octanol–water partition coefficient (Wildman–Crippen LogP) is 3.99. The molecule has 1 N–H and O–H groups in total. The van der Waals surface area contributed by atoms with Crippen LogP contribution < -0.4 is 5.32 Å². The summed E-state index contributed by atoms with van der Waals surface area (Å²) < 4.78 is 14.2. The highest BCUT2D eigenvalue weighted by Gasteiger charge is 2.08. The van der Waals surface area contributed by atoms with Crippen LogP contribution in [0.3, 0.4) is 0 Å². The average Bonchev–Trinajstić information content (AvgIpc) is 2.34. The van der Waals surface area contributed by atoms with E-state index in [4.69, 9.17) is 0 Å². The second-order valence-corrected chi connectivity index (χ2v) is 5.17. The molecule has 0 aliphatic carbocycles. The molecule has 0 aliphatic rings. The van der Waals surface area contributed by atoms with Crippen LogP contribution in [0.2, 0.25) is 0 Å². The standard InChI is InChI=1S/C14H11FINO/c1-9-2-5-11(15)8-13(9)17-14(18)10-3-6-12(16)7-4-10/h2-8H,1H3,(H,17,18). The van der Waals surface area contributed by atoms with Gasteiger partial charge in [-0.1, -0.05) is 6.07 Å². The van der Waals surface area contributed by atoms with Crippen molar-refractivity contribution in [3.05, 3.63) is 63.0 Å². The number of aryl methyl sites for hydroxylation is 1. The van der Waals surface area contributed by atoms with Gasteiger partial charge < -0.3 is 5.32 Å². The van der Waals surface area contributed by atoms with Crippen LogP contribution in [0, 0.1) is 16.3 Å². The van der Waals surface area contributed by atoms with Crippen LogP contribution in [-0.4, -0.2) is 5.91 Å². The van der Waals surface area contributed by atoms with E-state index < -0.39 is 0 Å². The number of benzene rings is 2. The van der Waals surface area contributed by atoms with E-state index in [1.165, 1.54) is 12.1 Å². The number of halogens is 2. The highest BCUT2D eigenvalue weighted by atomic mass is 127. The molecular weight excluding hydrogens is 344 g/mol. The minimum Gasteiger partial charge on any atom is -0.322 e. The average molecular weight is 355 g/mol. The summed E-state index contributed by atoms with van der Waals surface area (Å²) in [6.07, 6.45) is 0. The Morgan fingerprint density at radius 3 is 2.50 bits per heavy atom. The second kappa shape index (κ2) is 5.48. The Morgan fingerprint density at radius 1 is 1.17 bits per heavy atom. The molecule has 2 aromatic rings.